The lowest BCUT2D eigenvalue weighted by atomic mass is 10.3. The van der Waals surface area contributed by atoms with Gasteiger partial charge < -0.3 is 4.98 Å². The first-order chi connectivity index (χ1) is 13.7. The fourth-order valence-corrected chi connectivity index (χ4v) is 5.16. The second-order valence-corrected chi connectivity index (χ2v) is 9.70. The first-order valence-electron chi connectivity index (χ1n) is 9.24. The lowest BCUT2D eigenvalue weighted by Crippen LogP contribution is -2.05. The Morgan fingerprint density at radius 3 is 2.11 bits per heavy atom. The van der Waals surface area contributed by atoms with Crippen molar-refractivity contribution in [1.82, 2.24) is 29.9 Å². The Morgan fingerprint density at radius 2 is 1.54 bits per heavy atom. The van der Waals surface area contributed by atoms with Crippen molar-refractivity contribution in [2.75, 3.05) is 0 Å². The maximum absolute atomic E-state index is 11.3. The van der Waals surface area contributed by atoms with Gasteiger partial charge in [-0.25, -0.2) is 24.9 Å². The lowest BCUT2D eigenvalue weighted by molar-refractivity contribution is 0.826. The van der Waals surface area contributed by atoms with Crippen molar-refractivity contribution < 1.29 is 0 Å². The Kier molecular flexibility index (Phi) is 4.82. The number of nitrogens with one attached hydrogen (secondary N) is 1. The van der Waals surface area contributed by atoms with Gasteiger partial charge in [0.15, 0.2) is 15.5 Å². The van der Waals surface area contributed by atoms with E-state index in [0.717, 1.165) is 49.9 Å². The molecule has 0 aromatic carbocycles. The van der Waals surface area contributed by atoms with Crippen molar-refractivity contribution in [3.8, 4) is 0 Å². The summed E-state index contributed by atoms with van der Waals surface area (Å²) < 4.78 is 0. The monoisotopic (exact) mass is 432 g/mol. The molecule has 2 aliphatic carbocycles. The van der Waals surface area contributed by atoms with E-state index in [4.69, 9.17) is 11.6 Å². The first kappa shape index (κ1) is 18.1. The summed E-state index contributed by atoms with van der Waals surface area (Å²) in [4.78, 5) is 36.4. The molecule has 0 atom stereocenters. The molecular weight excluding hydrogens is 416 g/mol. The second kappa shape index (κ2) is 7.46. The number of thiazole rings is 2. The molecule has 4 aromatic rings. The SMILES string of the molecule is Clc1ncnc2sc(CC3CC3)nc12.O=c1[nH]cnc2sc(CC3CC3)nc12. The maximum Gasteiger partial charge on any atom is 0.278 e. The van der Waals surface area contributed by atoms with Gasteiger partial charge in [-0.3, -0.25) is 4.79 Å². The zero-order valence-electron chi connectivity index (χ0n) is 14.9. The summed E-state index contributed by atoms with van der Waals surface area (Å²) in [6.45, 7) is 0. The predicted octanol–water partition coefficient (Wildman–Crippen LogP) is 4.02. The molecule has 0 amide bonds. The van der Waals surface area contributed by atoms with Gasteiger partial charge in [-0.05, 0) is 37.5 Å². The average Bonchev–Trinajstić information content (AvgIpc) is 3.57. The smallest absolute Gasteiger partial charge is 0.278 e. The number of nitrogens with zero attached hydrogens (tertiary/aromatic N) is 5. The minimum atomic E-state index is -0.131. The number of hydrogen-bond acceptors (Lipinski definition) is 8. The molecule has 6 rings (SSSR count). The molecular formula is C18H17ClN6OS2. The van der Waals surface area contributed by atoms with Crippen molar-refractivity contribution in [3.05, 3.63) is 38.2 Å². The van der Waals surface area contributed by atoms with Gasteiger partial charge in [0.05, 0.1) is 16.3 Å². The summed E-state index contributed by atoms with van der Waals surface area (Å²) in [7, 11) is 0. The quantitative estimate of drug-likeness (QED) is 0.489. The summed E-state index contributed by atoms with van der Waals surface area (Å²) in [5.41, 5.74) is 1.12. The lowest BCUT2D eigenvalue weighted by Gasteiger charge is -1.88. The zero-order chi connectivity index (χ0) is 19.1. The second-order valence-electron chi connectivity index (χ2n) is 7.21. The van der Waals surface area contributed by atoms with Crippen molar-refractivity contribution in [2.45, 2.75) is 38.5 Å². The minimum Gasteiger partial charge on any atom is -0.311 e. The van der Waals surface area contributed by atoms with E-state index < -0.39 is 0 Å². The Bertz CT molecular complexity index is 1190. The highest BCUT2D eigenvalue weighted by Crippen LogP contribution is 2.35. The van der Waals surface area contributed by atoms with Gasteiger partial charge >= 0.3 is 0 Å². The van der Waals surface area contributed by atoms with Crippen LogP contribution in [0.15, 0.2) is 17.4 Å². The van der Waals surface area contributed by atoms with Gasteiger partial charge in [0.25, 0.3) is 5.56 Å². The Balaban J connectivity index is 0.000000122. The summed E-state index contributed by atoms with van der Waals surface area (Å²) in [5.74, 6) is 1.65. The van der Waals surface area contributed by atoms with Crippen molar-refractivity contribution in [1.29, 1.82) is 0 Å². The Hall–Kier alpha value is -1.97. The number of aromatic amines is 1. The zero-order valence-corrected chi connectivity index (χ0v) is 17.3. The maximum atomic E-state index is 11.3. The summed E-state index contributed by atoms with van der Waals surface area (Å²) in [6, 6.07) is 0. The molecule has 2 aliphatic rings. The predicted molar refractivity (Wildman–Crippen MR) is 111 cm³/mol. The van der Waals surface area contributed by atoms with Gasteiger partial charge in [-0.15, -0.1) is 0 Å². The molecule has 0 spiro atoms. The van der Waals surface area contributed by atoms with E-state index in [2.05, 4.69) is 29.9 Å². The molecule has 7 nitrogen and oxygen atoms in total. The fraction of sp³-hybridized carbons (Fsp3) is 0.444. The first-order valence-corrected chi connectivity index (χ1v) is 11.3. The van der Waals surface area contributed by atoms with E-state index in [-0.39, 0.29) is 5.56 Å². The highest BCUT2D eigenvalue weighted by atomic mass is 35.5. The number of halogens is 1. The number of hydrogen-bond donors (Lipinski definition) is 1. The minimum absolute atomic E-state index is 0.131. The van der Waals surface area contributed by atoms with Crippen LogP contribution in [-0.2, 0) is 12.8 Å². The van der Waals surface area contributed by atoms with Gasteiger partial charge in [0.1, 0.15) is 16.7 Å². The number of fused-ring (bicyclic) bond motifs is 2. The van der Waals surface area contributed by atoms with Gasteiger partial charge in [-0.2, -0.15) is 0 Å². The van der Waals surface area contributed by atoms with Crippen molar-refractivity contribution in [3.63, 3.8) is 0 Å². The Labute approximate surface area is 173 Å². The highest BCUT2D eigenvalue weighted by molar-refractivity contribution is 7.18. The van der Waals surface area contributed by atoms with Crippen molar-refractivity contribution >= 4 is 55.0 Å². The molecule has 0 bridgehead atoms. The highest BCUT2D eigenvalue weighted by Gasteiger charge is 2.24. The average molecular weight is 433 g/mol. The summed E-state index contributed by atoms with van der Waals surface area (Å²) in [6.07, 6.45) is 10.3. The molecule has 0 radical (unpaired) electrons. The van der Waals surface area contributed by atoms with Crippen LogP contribution < -0.4 is 5.56 Å². The van der Waals surface area contributed by atoms with Gasteiger partial charge in [0, 0.05) is 12.8 Å². The molecule has 0 saturated heterocycles. The molecule has 10 heteroatoms. The number of H-pyrrole nitrogens is 1. The molecule has 0 unspecified atom stereocenters. The summed E-state index contributed by atoms with van der Waals surface area (Å²) >= 11 is 9.09. The topological polar surface area (TPSA) is 97.3 Å². The number of rotatable bonds is 4. The van der Waals surface area contributed by atoms with E-state index in [9.17, 15) is 4.79 Å². The standard InChI is InChI=1S/C9H8ClN3S.C9H9N3OS/c10-8-7-9(12-4-11-8)14-6(13-7)3-5-1-2-5;13-8-7-9(11-4-10-8)14-6(12-7)3-5-1-2-5/h4-5H,1-3H2;4-5H,1-3H2,(H,10,11,13). The van der Waals surface area contributed by atoms with Crippen LogP contribution in [0, 0.1) is 11.8 Å². The third-order valence-electron chi connectivity index (χ3n) is 4.76. The van der Waals surface area contributed by atoms with Crippen LogP contribution in [0.5, 0.6) is 0 Å². The molecule has 28 heavy (non-hydrogen) atoms. The molecule has 2 saturated carbocycles. The van der Waals surface area contributed by atoms with Crippen LogP contribution in [0.25, 0.3) is 20.7 Å². The largest absolute Gasteiger partial charge is 0.311 e. The molecule has 0 aliphatic heterocycles. The molecule has 4 aromatic heterocycles. The van der Waals surface area contributed by atoms with E-state index >= 15 is 0 Å². The van der Waals surface area contributed by atoms with Crippen LogP contribution in [0.4, 0.5) is 0 Å². The third-order valence-corrected chi connectivity index (χ3v) is 7.01. The van der Waals surface area contributed by atoms with Gasteiger partial charge in [0.2, 0.25) is 0 Å². The van der Waals surface area contributed by atoms with Gasteiger partial charge in [-0.1, -0.05) is 34.3 Å². The van der Waals surface area contributed by atoms with E-state index in [1.807, 2.05) is 0 Å². The Morgan fingerprint density at radius 1 is 0.929 bits per heavy atom. The molecule has 4 heterocycles. The van der Waals surface area contributed by atoms with Crippen LogP contribution in [0.1, 0.15) is 35.7 Å². The third kappa shape index (κ3) is 4.06. The van der Waals surface area contributed by atoms with Crippen LogP contribution in [0.3, 0.4) is 0 Å². The molecule has 144 valence electrons. The number of aromatic nitrogens is 6. The van der Waals surface area contributed by atoms with E-state index in [1.165, 1.54) is 49.7 Å². The van der Waals surface area contributed by atoms with E-state index in [0.29, 0.717) is 10.7 Å². The van der Waals surface area contributed by atoms with Crippen molar-refractivity contribution in [2.24, 2.45) is 11.8 Å². The summed E-state index contributed by atoms with van der Waals surface area (Å²) in [5, 5.41) is 2.66. The normalized spacial score (nSPS) is 16.3. The van der Waals surface area contributed by atoms with Crippen LogP contribution >= 0.6 is 34.3 Å². The fourth-order valence-electron chi connectivity index (χ4n) is 2.89. The van der Waals surface area contributed by atoms with E-state index in [1.54, 1.807) is 11.3 Å². The van der Waals surface area contributed by atoms with Crippen LogP contribution in [-0.4, -0.2) is 29.9 Å². The van der Waals surface area contributed by atoms with Crippen LogP contribution in [0.2, 0.25) is 5.15 Å². The molecule has 2 fully saturated rings. The molecule has 1 N–H and O–H groups in total.